The highest BCUT2D eigenvalue weighted by Gasteiger charge is 2.33. The van der Waals surface area contributed by atoms with Crippen molar-refractivity contribution >= 4 is 12.0 Å². The fraction of sp³-hybridized carbons (Fsp3) is 0.857. The first-order valence-corrected chi connectivity index (χ1v) is 7.39. The highest BCUT2D eigenvalue weighted by molar-refractivity contribution is 5.75. The number of amides is 2. The lowest BCUT2D eigenvalue weighted by Gasteiger charge is -2.28. The maximum Gasteiger partial charge on any atom is 0.315 e. The molecule has 114 valence electrons. The number of ether oxygens (including phenoxy) is 1. The number of rotatable bonds is 6. The third-order valence-corrected chi connectivity index (χ3v) is 4.27. The normalized spacial score (nSPS) is 27.6. The second-order valence-electron chi connectivity index (χ2n) is 5.90. The first-order valence-electron chi connectivity index (χ1n) is 7.39. The molecule has 2 aliphatic rings. The Morgan fingerprint density at radius 1 is 1.20 bits per heavy atom. The van der Waals surface area contributed by atoms with E-state index >= 15 is 0 Å². The molecule has 0 aliphatic heterocycles. The van der Waals surface area contributed by atoms with Crippen molar-refractivity contribution in [3.63, 3.8) is 0 Å². The zero-order valence-electron chi connectivity index (χ0n) is 11.9. The van der Waals surface area contributed by atoms with Gasteiger partial charge >= 0.3 is 12.0 Å². The molecule has 0 aromatic heterocycles. The second-order valence-corrected chi connectivity index (χ2v) is 5.90. The molecule has 2 amide bonds. The molecule has 1 unspecified atom stereocenters. The number of aliphatic carboxylic acids is 1. The summed E-state index contributed by atoms with van der Waals surface area (Å²) in [5.74, 6) is -0.422. The van der Waals surface area contributed by atoms with Crippen LogP contribution < -0.4 is 10.6 Å². The molecule has 6 nitrogen and oxygen atoms in total. The van der Waals surface area contributed by atoms with Crippen molar-refractivity contribution in [1.29, 1.82) is 0 Å². The Morgan fingerprint density at radius 2 is 1.85 bits per heavy atom. The molecule has 0 aromatic carbocycles. The van der Waals surface area contributed by atoms with Gasteiger partial charge in [0.2, 0.25) is 0 Å². The molecule has 20 heavy (non-hydrogen) atoms. The van der Waals surface area contributed by atoms with Crippen molar-refractivity contribution in [3.8, 4) is 0 Å². The van der Waals surface area contributed by atoms with Gasteiger partial charge in [-0.05, 0) is 44.4 Å². The highest BCUT2D eigenvalue weighted by atomic mass is 16.5. The van der Waals surface area contributed by atoms with Crippen LogP contribution in [0.4, 0.5) is 4.79 Å². The number of hydrogen-bond acceptors (Lipinski definition) is 3. The van der Waals surface area contributed by atoms with Crippen molar-refractivity contribution in [2.75, 3.05) is 13.7 Å². The van der Waals surface area contributed by atoms with E-state index in [0.29, 0.717) is 25.4 Å². The zero-order chi connectivity index (χ0) is 14.5. The fourth-order valence-corrected chi connectivity index (χ4v) is 2.85. The van der Waals surface area contributed by atoms with E-state index in [0.717, 1.165) is 25.7 Å². The van der Waals surface area contributed by atoms with Crippen LogP contribution in [0.5, 0.6) is 0 Å². The smallest absolute Gasteiger partial charge is 0.315 e. The van der Waals surface area contributed by atoms with E-state index in [9.17, 15) is 9.59 Å². The quantitative estimate of drug-likeness (QED) is 0.687. The maximum absolute atomic E-state index is 12.0. The van der Waals surface area contributed by atoms with E-state index in [-0.39, 0.29) is 24.0 Å². The first-order chi connectivity index (χ1) is 9.60. The molecule has 0 bridgehead atoms. The van der Waals surface area contributed by atoms with Gasteiger partial charge in [0.05, 0.1) is 18.6 Å². The van der Waals surface area contributed by atoms with Crippen molar-refractivity contribution in [2.45, 2.75) is 50.6 Å². The SMILES string of the molecule is COCC(NC(=O)NC1CCC(C(=O)O)CC1)C1CC1. The third kappa shape index (κ3) is 4.37. The lowest BCUT2D eigenvalue weighted by Crippen LogP contribution is -2.49. The minimum atomic E-state index is -0.721. The van der Waals surface area contributed by atoms with E-state index in [1.165, 1.54) is 0 Å². The van der Waals surface area contributed by atoms with Gasteiger partial charge in [-0.1, -0.05) is 0 Å². The summed E-state index contributed by atoms with van der Waals surface area (Å²) in [7, 11) is 1.64. The average Bonchev–Trinajstić information content (AvgIpc) is 3.23. The molecular formula is C14H24N2O4. The molecule has 2 rings (SSSR count). The number of methoxy groups -OCH3 is 1. The van der Waals surface area contributed by atoms with Crippen LogP contribution in [0, 0.1) is 11.8 Å². The predicted molar refractivity (Wildman–Crippen MR) is 73.4 cm³/mol. The van der Waals surface area contributed by atoms with Gasteiger partial charge < -0.3 is 20.5 Å². The van der Waals surface area contributed by atoms with Crippen molar-refractivity contribution < 1.29 is 19.4 Å². The van der Waals surface area contributed by atoms with Crippen molar-refractivity contribution in [2.24, 2.45) is 11.8 Å². The molecule has 6 heteroatoms. The number of nitrogens with one attached hydrogen (secondary N) is 2. The summed E-state index contributed by atoms with van der Waals surface area (Å²) in [6.07, 6.45) is 5.07. The summed E-state index contributed by atoms with van der Waals surface area (Å²) in [4.78, 5) is 22.8. The zero-order valence-corrected chi connectivity index (χ0v) is 11.9. The predicted octanol–water partition coefficient (Wildman–Crippen LogP) is 1.35. The van der Waals surface area contributed by atoms with Gasteiger partial charge in [0.1, 0.15) is 0 Å². The van der Waals surface area contributed by atoms with E-state index in [1.54, 1.807) is 7.11 Å². The van der Waals surface area contributed by atoms with Gasteiger partial charge in [0.15, 0.2) is 0 Å². The number of carboxylic acids is 1. The summed E-state index contributed by atoms with van der Waals surface area (Å²) in [5, 5.41) is 14.9. The van der Waals surface area contributed by atoms with Crippen molar-refractivity contribution in [1.82, 2.24) is 10.6 Å². The van der Waals surface area contributed by atoms with Gasteiger partial charge in [-0.3, -0.25) is 4.79 Å². The molecule has 0 saturated heterocycles. The molecular weight excluding hydrogens is 260 g/mol. The van der Waals surface area contributed by atoms with Crippen LogP contribution in [0.3, 0.4) is 0 Å². The summed E-state index contributed by atoms with van der Waals surface area (Å²) < 4.78 is 5.13. The topological polar surface area (TPSA) is 87.7 Å². The average molecular weight is 284 g/mol. The van der Waals surface area contributed by atoms with Crippen LogP contribution in [0.1, 0.15) is 38.5 Å². The number of hydrogen-bond donors (Lipinski definition) is 3. The van der Waals surface area contributed by atoms with E-state index in [2.05, 4.69) is 10.6 Å². The standard InChI is InChI=1S/C14H24N2O4/c1-20-8-12(9-2-3-9)16-14(19)15-11-6-4-10(5-7-11)13(17)18/h9-12H,2-8H2,1H3,(H,17,18)(H2,15,16,19). The van der Waals surface area contributed by atoms with E-state index < -0.39 is 5.97 Å². The van der Waals surface area contributed by atoms with Gasteiger partial charge in [-0.2, -0.15) is 0 Å². The Morgan fingerprint density at radius 3 is 2.35 bits per heavy atom. The first kappa shape index (κ1) is 15.1. The Hall–Kier alpha value is -1.30. The van der Waals surface area contributed by atoms with Gasteiger partial charge in [0, 0.05) is 13.2 Å². The third-order valence-electron chi connectivity index (χ3n) is 4.27. The van der Waals surface area contributed by atoms with Crippen LogP contribution in [-0.4, -0.2) is 42.9 Å². The van der Waals surface area contributed by atoms with Crippen LogP contribution in [0.15, 0.2) is 0 Å². The molecule has 2 fully saturated rings. The Kier molecular flexibility index (Phi) is 5.23. The van der Waals surface area contributed by atoms with Crippen LogP contribution in [-0.2, 0) is 9.53 Å². The summed E-state index contributed by atoms with van der Waals surface area (Å²) in [6.45, 7) is 0.545. The Labute approximate surface area is 119 Å². The summed E-state index contributed by atoms with van der Waals surface area (Å²) in [6, 6.07) is 0.0288. The number of carbonyl (C=O) groups excluding carboxylic acids is 1. The van der Waals surface area contributed by atoms with Crippen LogP contribution in [0.2, 0.25) is 0 Å². The van der Waals surface area contributed by atoms with Crippen LogP contribution >= 0.6 is 0 Å². The lowest BCUT2D eigenvalue weighted by molar-refractivity contribution is -0.142. The molecule has 0 aromatic rings. The molecule has 2 aliphatic carbocycles. The van der Waals surface area contributed by atoms with Gasteiger partial charge in [-0.25, -0.2) is 4.79 Å². The largest absolute Gasteiger partial charge is 0.481 e. The van der Waals surface area contributed by atoms with Gasteiger partial charge in [-0.15, -0.1) is 0 Å². The minimum Gasteiger partial charge on any atom is -0.481 e. The van der Waals surface area contributed by atoms with Crippen molar-refractivity contribution in [3.05, 3.63) is 0 Å². The molecule has 0 spiro atoms. The van der Waals surface area contributed by atoms with E-state index in [4.69, 9.17) is 9.84 Å². The Balaban J connectivity index is 1.70. The molecule has 3 N–H and O–H groups in total. The number of urea groups is 1. The van der Waals surface area contributed by atoms with Gasteiger partial charge in [0.25, 0.3) is 0 Å². The lowest BCUT2D eigenvalue weighted by atomic mass is 9.86. The maximum atomic E-state index is 12.0. The molecule has 0 radical (unpaired) electrons. The summed E-state index contributed by atoms with van der Waals surface area (Å²) >= 11 is 0. The monoisotopic (exact) mass is 284 g/mol. The van der Waals surface area contributed by atoms with Crippen LogP contribution in [0.25, 0.3) is 0 Å². The molecule has 1 atom stereocenters. The number of carboxylic acid groups (broad SMARTS) is 1. The Bertz CT molecular complexity index is 349. The highest BCUT2D eigenvalue weighted by Crippen LogP contribution is 2.32. The fourth-order valence-electron chi connectivity index (χ4n) is 2.85. The summed E-state index contributed by atoms with van der Waals surface area (Å²) in [5.41, 5.74) is 0. The minimum absolute atomic E-state index is 0.0907. The van der Waals surface area contributed by atoms with E-state index in [1.807, 2.05) is 0 Å². The number of carbonyl (C=O) groups is 2. The second kappa shape index (κ2) is 6.92. The molecule has 2 saturated carbocycles. The molecule has 0 heterocycles.